The molecule has 0 saturated carbocycles. The van der Waals surface area contributed by atoms with E-state index in [1.165, 1.54) is 0 Å². The van der Waals surface area contributed by atoms with Crippen LogP contribution in [-0.2, 0) is 17.9 Å². The van der Waals surface area contributed by atoms with E-state index in [0.29, 0.717) is 47.3 Å². The van der Waals surface area contributed by atoms with Crippen LogP contribution in [0.5, 0.6) is 0 Å². The maximum atomic E-state index is 13.7. The molecule has 1 unspecified atom stereocenters. The molecule has 0 spiro atoms. The highest BCUT2D eigenvalue weighted by molar-refractivity contribution is 6.36. The first-order valence-electron chi connectivity index (χ1n) is 18.4. The normalized spacial score (nSPS) is 19.7. The molecule has 12 nitrogen and oxygen atoms in total. The van der Waals surface area contributed by atoms with Gasteiger partial charge in [0.05, 0.1) is 34.5 Å². The summed E-state index contributed by atoms with van der Waals surface area (Å²) < 4.78 is 1.94. The van der Waals surface area contributed by atoms with Crippen molar-refractivity contribution in [1.29, 1.82) is 0 Å². The Bertz CT molecular complexity index is 2180. The number of hydrogen-bond acceptors (Lipinski definition) is 9. The molecule has 2 atom stereocenters. The minimum Gasteiger partial charge on any atom is -0.481 e. The van der Waals surface area contributed by atoms with Gasteiger partial charge in [-0.25, -0.2) is 4.98 Å². The smallest absolute Gasteiger partial charge is 0.306 e. The zero-order valence-electron chi connectivity index (χ0n) is 29.6. The summed E-state index contributed by atoms with van der Waals surface area (Å²) in [5.41, 5.74) is 7.08. The van der Waals surface area contributed by atoms with E-state index in [2.05, 4.69) is 31.5 Å². The third-order valence-electron chi connectivity index (χ3n) is 11.0. The number of aryl methyl sites for hydroxylation is 1. The van der Waals surface area contributed by atoms with Gasteiger partial charge < -0.3 is 20.8 Å². The number of carbonyl (C=O) groups excluding carboxylic acids is 1. The predicted octanol–water partition coefficient (Wildman–Crippen LogP) is 6.65. The number of anilines is 3. The fraction of sp³-hybridized carbons (Fsp3) is 0.375. The van der Waals surface area contributed by atoms with Gasteiger partial charge in [0, 0.05) is 55.2 Å². The van der Waals surface area contributed by atoms with E-state index in [1.807, 2.05) is 66.3 Å². The lowest BCUT2D eigenvalue weighted by Gasteiger charge is -2.38. The fourth-order valence-corrected chi connectivity index (χ4v) is 8.39. The highest BCUT2D eigenvalue weighted by Crippen LogP contribution is 2.39. The lowest BCUT2D eigenvalue weighted by molar-refractivity contribution is -0.143. The van der Waals surface area contributed by atoms with Crippen molar-refractivity contribution in [2.45, 2.75) is 64.3 Å². The summed E-state index contributed by atoms with van der Waals surface area (Å²) in [6.07, 6.45) is 7.33. The Labute approximate surface area is 312 Å². The quantitative estimate of drug-likeness (QED) is 0.130. The van der Waals surface area contributed by atoms with E-state index in [0.717, 1.165) is 90.8 Å². The minimum atomic E-state index is -0.718. The maximum Gasteiger partial charge on any atom is 0.306 e. The SMILES string of the molecule is Cc1c(NC(=O)c2cc3n(n2)CCCC3N2CCC(C(=O)O)CC2)cccc1-c1cccc(Nc2nccc3cc(CN4CC[C@@H](O)C4)cnc23)c1Cl. The number of aliphatic hydroxyl groups is 1. The summed E-state index contributed by atoms with van der Waals surface area (Å²) in [4.78, 5) is 39.1. The molecule has 6 heterocycles. The van der Waals surface area contributed by atoms with Crippen LogP contribution in [0.4, 0.5) is 17.2 Å². The number of carbonyl (C=O) groups is 2. The van der Waals surface area contributed by atoms with Crippen molar-refractivity contribution in [3.63, 3.8) is 0 Å². The number of piperidine rings is 1. The van der Waals surface area contributed by atoms with Gasteiger partial charge in [-0.15, -0.1) is 0 Å². The lowest BCUT2D eigenvalue weighted by atomic mass is 9.93. The van der Waals surface area contributed by atoms with Gasteiger partial charge in [0.25, 0.3) is 5.91 Å². The van der Waals surface area contributed by atoms with Crippen molar-refractivity contribution in [1.82, 2.24) is 29.5 Å². The van der Waals surface area contributed by atoms with Crippen molar-refractivity contribution in [3.8, 4) is 11.1 Å². The van der Waals surface area contributed by atoms with Crippen LogP contribution in [0, 0.1) is 12.8 Å². The molecule has 274 valence electrons. The minimum absolute atomic E-state index is 0.119. The van der Waals surface area contributed by atoms with Crippen LogP contribution >= 0.6 is 11.6 Å². The van der Waals surface area contributed by atoms with Gasteiger partial charge in [-0.3, -0.25) is 29.1 Å². The molecule has 3 aromatic heterocycles. The van der Waals surface area contributed by atoms with Crippen molar-refractivity contribution < 1.29 is 19.8 Å². The first kappa shape index (κ1) is 35.2. The van der Waals surface area contributed by atoms with Crippen LogP contribution in [-0.4, -0.2) is 83.9 Å². The standard InChI is InChI=1S/C40H43ClN8O4/c1-24-29(5-2-7-31(24)45-39(51)33-20-35-34(9-4-15-49(35)46-33)48-17-11-26(12-18-48)40(52)53)30-6-3-8-32(36(30)41)44-38-37-27(10-14-42-38)19-25(21-43-37)22-47-16-13-28(50)23-47/h2-3,5-8,10,14,19-21,26,28,34,50H,4,9,11-13,15-18,22-23H2,1H3,(H,42,44)(H,45,51)(H,52,53)/t28-,34?/m1/s1. The van der Waals surface area contributed by atoms with Gasteiger partial charge in [-0.05, 0) is 99.1 Å². The molecule has 0 bridgehead atoms. The number of amides is 1. The summed E-state index contributed by atoms with van der Waals surface area (Å²) >= 11 is 7.09. The number of likely N-dealkylation sites (tertiary alicyclic amines) is 2. The van der Waals surface area contributed by atoms with E-state index < -0.39 is 5.97 Å². The highest BCUT2D eigenvalue weighted by Gasteiger charge is 2.33. The van der Waals surface area contributed by atoms with Crippen LogP contribution in [0.3, 0.4) is 0 Å². The Hall–Kier alpha value is -4.88. The molecule has 8 rings (SSSR count). The molecule has 2 aromatic carbocycles. The molecule has 0 radical (unpaired) electrons. The molecular formula is C40H43ClN8O4. The number of benzene rings is 2. The third kappa shape index (κ3) is 7.24. The first-order chi connectivity index (χ1) is 25.7. The number of aliphatic hydroxyl groups excluding tert-OH is 1. The summed E-state index contributed by atoms with van der Waals surface area (Å²) in [5.74, 6) is -0.696. The number of fused-ring (bicyclic) bond motifs is 2. The lowest BCUT2D eigenvalue weighted by Crippen LogP contribution is -2.40. The number of halogens is 1. The van der Waals surface area contributed by atoms with E-state index in [-0.39, 0.29) is 24.0 Å². The number of carboxylic acid groups (broad SMARTS) is 1. The van der Waals surface area contributed by atoms with Crippen LogP contribution in [0.1, 0.15) is 65.5 Å². The third-order valence-corrected chi connectivity index (χ3v) is 11.4. The van der Waals surface area contributed by atoms with Crippen LogP contribution in [0.25, 0.3) is 22.0 Å². The van der Waals surface area contributed by atoms with Gasteiger partial charge >= 0.3 is 5.97 Å². The van der Waals surface area contributed by atoms with Crippen LogP contribution in [0.15, 0.2) is 67.0 Å². The molecule has 3 aliphatic rings. The second-order valence-corrected chi connectivity index (χ2v) is 14.8. The van der Waals surface area contributed by atoms with E-state index in [4.69, 9.17) is 21.7 Å². The first-order valence-corrected chi connectivity index (χ1v) is 18.7. The number of β-amino-alcohol motifs (C(OH)–C–C–N with tert-alkyl or cyclic N) is 1. The number of aromatic nitrogens is 4. The number of aliphatic carboxylic acids is 1. The number of hydrogen-bond donors (Lipinski definition) is 4. The topological polar surface area (TPSA) is 149 Å². The molecule has 1 amide bonds. The van der Waals surface area contributed by atoms with E-state index in [1.54, 1.807) is 6.20 Å². The summed E-state index contributed by atoms with van der Waals surface area (Å²) in [6, 6.07) is 17.6. The average molecular weight is 735 g/mol. The number of carboxylic acids is 1. The Morgan fingerprint density at radius 2 is 1.74 bits per heavy atom. The van der Waals surface area contributed by atoms with Gasteiger partial charge in [-0.2, -0.15) is 5.10 Å². The Balaban J connectivity index is 0.990. The second-order valence-electron chi connectivity index (χ2n) is 14.5. The molecule has 4 N–H and O–H groups in total. The summed E-state index contributed by atoms with van der Waals surface area (Å²) in [7, 11) is 0. The number of pyridine rings is 2. The van der Waals surface area contributed by atoms with Crippen LogP contribution < -0.4 is 10.6 Å². The molecule has 2 saturated heterocycles. The Kier molecular flexibility index (Phi) is 9.86. The van der Waals surface area contributed by atoms with Crippen molar-refractivity contribution in [2.24, 2.45) is 5.92 Å². The maximum absolute atomic E-state index is 13.7. The van der Waals surface area contributed by atoms with Gasteiger partial charge in [0.15, 0.2) is 11.5 Å². The predicted molar refractivity (Wildman–Crippen MR) is 204 cm³/mol. The van der Waals surface area contributed by atoms with Crippen molar-refractivity contribution in [3.05, 3.63) is 94.5 Å². The van der Waals surface area contributed by atoms with E-state index >= 15 is 0 Å². The molecule has 3 aliphatic heterocycles. The highest BCUT2D eigenvalue weighted by atomic mass is 35.5. The summed E-state index contributed by atoms with van der Waals surface area (Å²) in [5, 5.41) is 32.0. The molecule has 13 heteroatoms. The van der Waals surface area contributed by atoms with E-state index in [9.17, 15) is 19.8 Å². The fourth-order valence-electron chi connectivity index (χ4n) is 8.11. The zero-order valence-corrected chi connectivity index (χ0v) is 30.4. The molecule has 0 aliphatic carbocycles. The Morgan fingerprint density at radius 3 is 2.51 bits per heavy atom. The second kappa shape index (κ2) is 14.9. The average Bonchev–Trinajstić information content (AvgIpc) is 3.79. The number of nitrogens with one attached hydrogen (secondary N) is 2. The largest absolute Gasteiger partial charge is 0.481 e. The number of rotatable bonds is 9. The van der Waals surface area contributed by atoms with Gasteiger partial charge in [0.1, 0.15) is 5.52 Å². The molecule has 5 aromatic rings. The van der Waals surface area contributed by atoms with Gasteiger partial charge in [-0.1, -0.05) is 35.9 Å². The molecule has 53 heavy (non-hydrogen) atoms. The Morgan fingerprint density at radius 1 is 0.943 bits per heavy atom. The summed E-state index contributed by atoms with van der Waals surface area (Å²) in [6.45, 7) is 6.45. The monoisotopic (exact) mass is 734 g/mol. The number of nitrogens with zero attached hydrogens (tertiary/aromatic N) is 6. The van der Waals surface area contributed by atoms with Crippen LogP contribution in [0.2, 0.25) is 5.02 Å². The van der Waals surface area contributed by atoms with Crippen molar-refractivity contribution in [2.75, 3.05) is 36.8 Å². The molecular weight excluding hydrogens is 692 g/mol. The van der Waals surface area contributed by atoms with Crippen molar-refractivity contribution >= 4 is 51.6 Å². The zero-order chi connectivity index (χ0) is 36.6. The molecule has 2 fully saturated rings. The van der Waals surface area contributed by atoms with Gasteiger partial charge in [0.2, 0.25) is 0 Å².